The third kappa shape index (κ3) is 2.53. The largest absolute Gasteiger partial charge is 0.497 e. The van der Waals surface area contributed by atoms with Crippen molar-refractivity contribution in [3.8, 4) is 5.75 Å². The predicted octanol–water partition coefficient (Wildman–Crippen LogP) is 3.92. The van der Waals surface area contributed by atoms with Crippen LogP contribution in [0, 0.1) is 0 Å². The molecule has 2 aromatic heterocycles. The molecule has 0 radical (unpaired) electrons. The summed E-state index contributed by atoms with van der Waals surface area (Å²) >= 11 is 1.73. The molecule has 3 aromatic rings. The minimum absolute atomic E-state index is 0.756. The fraction of sp³-hybridized carbons (Fsp3) is 0.133. The molecule has 0 aliphatic carbocycles. The molecule has 2 heterocycles. The number of nitrogens with zero attached hydrogens (tertiary/aromatic N) is 1. The lowest BCUT2D eigenvalue weighted by molar-refractivity contribution is 0.414. The van der Waals surface area contributed by atoms with Gasteiger partial charge in [0.15, 0.2) is 0 Å². The van der Waals surface area contributed by atoms with E-state index in [1.54, 1.807) is 18.4 Å². The Morgan fingerprint density at radius 2 is 2.00 bits per heavy atom. The Kier molecular flexibility index (Phi) is 3.33. The van der Waals surface area contributed by atoms with Gasteiger partial charge in [0, 0.05) is 22.8 Å². The molecule has 1 aromatic carbocycles. The summed E-state index contributed by atoms with van der Waals surface area (Å²) in [5, 5.41) is 6.65. The van der Waals surface area contributed by atoms with E-state index < -0.39 is 0 Å². The summed E-state index contributed by atoms with van der Waals surface area (Å²) in [5.74, 6) is 1.82. The van der Waals surface area contributed by atoms with Gasteiger partial charge < -0.3 is 10.1 Å². The second-order valence-corrected chi connectivity index (χ2v) is 5.14. The van der Waals surface area contributed by atoms with Gasteiger partial charge in [-0.15, -0.1) is 11.3 Å². The molecule has 3 rings (SSSR count). The fourth-order valence-electron chi connectivity index (χ4n) is 1.96. The average molecular weight is 270 g/mol. The quantitative estimate of drug-likeness (QED) is 0.780. The third-order valence-corrected chi connectivity index (χ3v) is 3.88. The van der Waals surface area contributed by atoms with E-state index in [9.17, 15) is 0 Å². The normalized spacial score (nSPS) is 10.6. The van der Waals surface area contributed by atoms with Gasteiger partial charge >= 0.3 is 0 Å². The van der Waals surface area contributed by atoms with Crippen molar-refractivity contribution >= 4 is 27.2 Å². The number of aromatic nitrogens is 1. The van der Waals surface area contributed by atoms with E-state index in [2.05, 4.69) is 33.9 Å². The van der Waals surface area contributed by atoms with E-state index in [-0.39, 0.29) is 0 Å². The summed E-state index contributed by atoms with van der Waals surface area (Å²) in [6.07, 6.45) is 1.84. The number of ether oxygens (including phenoxy) is 1. The zero-order valence-corrected chi connectivity index (χ0v) is 11.4. The first-order chi connectivity index (χ1) is 9.36. The molecule has 0 bridgehead atoms. The third-order valence-electron chi connectivity index (χ3n) is 3.00. The topological polar surface area (TPSA) is 34.1 Å². The van der Waals surface area contributed by atoms with Crippen LogP contribution in [-0.4, -0.2) is 12.1 Å². The molecule has 4 heteroatoms. The smallest absolute Gasteiger partial charge is 0.134 e. The van der Waals surface area contributed by atoms with E-state index in [0.29, 0.717) is 0 Å². The first-order valence-electron chi connectivity index (χ1n) is 6.06. The van der Waals surface area contributed by atoms with Crippen molar-refractivity contribution in [1.82, 2.24) is 4.98 Å². The molecule has 0 spiro atoms. The van der Waals surface area contributed by atoms with E-state index in [4.69, 9.17) is 4.74 Å². The second-order valence-electron chi connectivity index (χ2n) is 4.19. The number of anilines is 1. The van der Waals surface area contributed by atoms with E-state index in [1.807, 2.05) is 24.4 Å². The zero-order valence-electron chi connectivity index (χ0n) is 10.6. The lowest BCUT2D eigenvalue weighted by Crippen LogP contribution is -2.01. The molecule has 0 amide bonds. The Balaban J connectivity index is 1.76. The number of benzene rings is 1. The van der Waals surface area contributed by atoms with E-state index >= 15 is 0 Å². The van der Waals surface area contributed by atoms with Gasteiger partial charge in [0.2, 0.25) is 0 Å². The maximum atomic E-state index is 5.15. The summed E-state index contributed by atoms with van der Waals surface area (Å²) in [6, 6.07) is 12.2. The van der Waals surface area contributed by atoms with Gasteiger partial charge in [-0.1, -0.05) is 12.1 Å². The summed E-state index contributed by atoms with van der Waals surface area (Å²) in [4.78, 5) is 4.40. The molecule has 0 atom stereocenters. The SMILES string of the molecule is COc1ccc(CNc2nccc3sccc23)cc1. The number of hydrogen-bond donors (Lipinski definition) is 1. The highest BCUT2D eigenvalue weighted by Crippen LogP contribution is 2.26. The van der Waals surface area contributed by atoms with Gasteiger partial charge in [0.05, 0.1) is 7.11 Å². The van der Waals surface area contributed by atoms with Crippen LogP contribution in [-0.2, 0) is 6.54 Å². The second kappa shape index (κ2) is 5.28. The van der Waals surface area contributed by atoms with Crippen LogP contribution in [0.1, 0.15) is 5.56 Å². The first-order valence-corrected chi connectivity index (χ1v) is 6.94. The molecule has 0 aliphatic rings. The van der Waals surface area contributed by atoms with Crippen molar-refractivity contribution in [3.05, 3.63) is 53.5 Å². The number of hydrogen-bond acceptors (Lipinski definition) is 4. The van der Waals surface area contributed by atoms with Crippen LogP contribution in [0.5, 0.6) is 5.75 Å². The average Bonchev–Trinajstić information content (AvgIpc) is 2.94. The predicted molar refractivity (Wildman–Crippen MR) is 79.9 cm³/mol. The molecule has 0 saturated carbocycles. The van der Waals surface area contributed by atoms with Crippen LogP contribution in [0.4, 0.5) is 5.82 Å². The van der Waals surface area contributed by atoms with Crippen molar-refractivity contribution in [1.29, 1.82) is 0 Å². The summed E-state index contributed by atoms with van der Waals surface area (Å²) in [5.41, 5.74) is 1.20. The van der Waals surface area contributed by atoms with E-state index in [1.165, 1.54) is 15.6 Å². The number of pyridine rings is 1. The van der Waals surface area contributed by atoms with Crippen molar-refractivity contribution in [2.24, 2.45) is 0 Å². The monoisotopic (exact) mass is 270 g/mol. The maximum Gasteiger partial charge on any atom is 0.134 e. The Morgan fingerprint density at radius 3 is 2.79 bits per heavy atom. The number of nitrogens with one attached hydrogen (secondary N) is 1. The molecule has 3 nitrogen and oxygen atoms in total. The Labute approximate surface area is 115 Å². The summed E-state index contributed by atoms with van der Waals surface area (Å²) < 4.78 is 6.40. The molecule has 1 N–H and O–H groups in total. The Bertz CT molecular complexity index is 676. The van der Waals surface area contributed by atoms with Crippen LogP contribution >= 0.6 is 11.3 Å². The van der Waals surface area contributed by atoms with Crippen LogP contribution < -0.4 is 10.1 Å². The number of fused-ring (bicyclic) bond motifs is 1. The highest BCUT2D eigenvalue weighted by Gasteiger charge is 2.03. The molecule has 19 heavy (non-hydrogen) atoms. The molecular weight excluding hydrogens is 256 g/mol. The van der Waals surface area contributed by atoms with E-state index in [0.717, 1.165) is 18.1 Å². The van der Waals surface area contributed by atoms with Gasteiger partial charge in [-0.25, -0.2) is 4.98 Å². The molecular formula is C15H14N2OS. The molecule has 0 saturated heterocycles. The Morgan fingerprint density at radius 1 is 1.16 bits per heavy atom. The fourth-order valence-corrected chi connectivity index (χ4v) is 2.75. The Hall–Kier alpha value is -2.07. The standard InChI is InChI=1S/C15H14N2OS/c1-18-12-4-2-11(3-5-12)10-17-15-13-7-9-19-14(13)6-8-16-15/h2-9H,10H2,1H3,(H,16,17). The number of rotatable bonds is 4. The molecule has 0 unspecified atom stereocenters. The van der Waals surface area contributed by atoms with Gasteiger partial charge in [0.25, 0.3) is 0 Å². The lowest BCUT2D eigenvalue weighted by atomic mass is 10.2. The lowest BCUT2D eigenvalue weighted by Gasteiger charge is -2.07. The minimum Gasteiger partial charge on any atom is -0.497 e. The van der Waals surface area contributed by atoms with Gasteiger partial charge in [0.1, 0.15) is 11.6 Å². The van der Waals surface area contributed by atoms with Crippen LogP contribution in [0.2, 0.25) is 0 Å². The van der Waals surface area contributed by atoms with Crippen LogP contribution in [0.25, 0.3) is 10.1 Å². The molecule has 0 aliphatic heterocycles. The zero-order chi connectivity index (χ0) is 13.1. The maximum absolute atomic E-state index is 5.15. The summed E-state index contributed by atoms with van der Waals surface area (Å²) in [6.45, 7) is 0.756. The van der Waals surface area contributed by atoms with Crippen LogP contribution in [0.3, 0.4) is 0 Å². The van der Waals surface area contributed by atoms with Crippen molar-refractivity contribution in [2.75, 3.05) is 12.4 Å². The van der Waals surface area contributed by atoms with Gasteiger partial charge in [-0.2, -0.15) is 0 Å². The van der Waals surface area contributed by atoms with Gasteiger partial charge in [-0.3, -0.25) is 0 Å². The number of methoxy groups -OCH3 is 1. The molecule has 0 fully saturated rings. The van der Waals surface area contributed by atoms with Crippen molar-refractivity contribution < 1.29 is 4.74 Å². The van der Waals surface area contributed by atoms with Crippen molar-refractivity contribution in [2.45, 2.75) is 6.54 Å². The number of thiophene rings is 1. The highest BCUT2D eigenvalue weighted by atomic mass is 32.1. The van der Waals surface area contributed by atoms with Crippen LogP contribution in [0.15, 0.2) is 48.0 Å². The minimum atomic E-state index is 0.756. The summed E-state index contributed by atoms with van der Waals surface area (Å²) in [7, 11) is 1.68. The first kappa shape index (κ1) is 12.0. The van der Waals surface area contributed by atoms with Gasteiger partial charge in [-0.05, 0) is 35.2 Å². The van der Waals surface area contributed by atoms with Crippen molar-refractivity contribution in [3.63, 3.8) is 0 Å². The highest BCUT2D eigenvalue weighted by molar-refractivity contribution is 7.17. The molecule has 96 valence electrons.